The average molecular weight is 445 g/mol. The number of carbonyl (C=O) groups excluding carboxylic acids is 1. The third-order valence-electron chi connectivity index (χ3n) is 5.98. The highest BCUT2D eigenvalue weighted by Crippen LogP contribution is 2.31. The molecule has 1 atom stereocenters. The van der Waals surface area contributed by atoms with Crippen molar-refractivity contribution in [2.45, 2.75) is 52.2 Å². The van der Waals surface area contributed by atoms with E-state index in [1.807, 2.05) is 54.4 Å². The molecule has 33 heavy (non-hydrogen) atoms. The van der Waals surface area contributed by atoms with Crippen molar-refractivity contribution in [3.05, 3.63) is 77.9 Å². The number of carbonyl (C=O) groups is 1. The third-order valence-corrected chi connectivity index (χ3v) is 5.98. The normalized spacial score (nSPS) is 16.2. The average Bonchev–Trinajstić information content (AvgIpc) is 3.26. The maximum absolute atomic E-state index is 13.3. The van der Waals surface area contributed by atoms with Gasteiger partial charge < -0.3 is 10.2 Å². The van der Waals surface area contributed by atoms with Gasteiger partial charge in [0.05, 0.1) is 30.7 Å². The van der Waals surface area contributed by atoms with Crippen LogP contribution in [0.4, 0.5) is 11.6 Å². The predicted octanol–water partition coefficient (Wildman–Crippen LogP) is 4.50. The van der Waals surface area contributed by atoms with Crippen LogP contribution in [0, 0.1) is 6.92 Å². The molecule has 0 spiro atoms. The number of aryl methyl sites for hydroxylation is 1. The summed E-state index contributed by atoms with van der Waals surface area (Å²) in [6.07, 6.45) is 5.52. The molecule has 0 unspecified atom stereocenters. The molecule has 0 saturated carbocycles. The smallest absolute Gasteiger partial charge is 0.237 e. The molecule has 1 fully saturated rings. The van der Waals surface area contributed by atoms with E-state index in [9.17, 15) is 4.79 Å². The molecule has 7 heteroatoms. The second kappa shape index (κ2) is 10.5. The molecular weight excluding hydrogens is 412 g/mol. The molecule has 0 aliphatic carbocycles. The van der Waals surface area contributed by atoms with Gasteiger partial charge in [-0.05, 0) is 57.9 Å². The summed E-state index contributed by atoms with van der Waals surface area (Å²) in [5.74, 6) is 1.55. The zero-order chi connectivity index (χ0) is 23.2. The highest BCUT2D eigenvalue weighted by atomic mass is 16.2. The number of likely N-dealkylation sites (tertiary alicyclic amines) is 1. The van der Waals surface area contributed by atoms with E-state index in [1.165, 1.54) is 0 Å². The molecule has 1 amide bonds. The third kappa shape index (κ3) is 5.93. The lowest BCUT2D eigenvalue weighted by Gasteiger charge is -2.31. The number of nitrogens with zero attached hydrogens (tertiary/aromatic N) is 5. The standard InChI is InChI=1S/C26H32N6O/c1-19(2)32(17-21-10-5-4-6-11-21)26(33)18-31-14-8-12-23(31)22-15-27-16-25(29-22)30-24-13-7-9-20(3)28-24/h4-7,9-11,13,15-16,19,23H,8,12,14,17-18H2,1-3H3,(H,28,29,30)/t23-/m1/s1. The van der Waals surface area contributed by atoms with E-state index in [1.54, 1.807) is 6.20 Å². The first-order valence-electron chi connectivity index (χ1n) is 11.6. The van der Waals surface area contributed by atoms with Crippen molar-refractivity contribution >= 4 is 17.5 Å². The Bertz CT molecular complexity index is 1070. The number of benzene rings is 1. The Balaban J connectivity index is 1.45. The summed E-state index contributed by atoms with van der Waals surface area (Å²) in [4.78, 5) is 31.2. The molecule has 2 aromatic heterocycles. The molecule has 3 heterocycles. The number of hydrogen-bond acceptors (Lipinski definition) is 6. The van der Waals surface area contributed by atoms with E-state index in [2.05, 4.69) is 46.2 Å². The van der Waals surface area contributed by atoms with Crippen molar-refractivity contribution in [2.24, 2.45) is 0 Å². The Kier molecular flexibility index (Phi) is 7.29. The van der Waals surface area contributed by atoms with Gasteiger partial charge in [-0.15, -0.1) is 0 Å². The molecule has 1 aliphatic heterocycles. The Hall–Kier alpha value is -3.32. The van der Waals surface area contributed by atoms with Crippen LogP contribution in [0.15, 0.2) is 60.9 Å². The molecule has 3 aromatic rings. The van der Waals surface area contributed by atoms with Gasteiger partial charge in [0.1, 0.15) is 11.6 Å². The van der Waals surface area contributed by atoms with Crippen molar-refractivity contribution in [2.75, 3.05) is 18.4 Å². The first kappa shape index (κ1) is 22.9. The molecule has 0 bridgehead atoms. The predicted molar refractivity (Wildman–Crippen MR) is 130 cm³/mol. The van der Waals surface area contributed by atoms with Gasteiger partial charge in [0.15, 0.2) is 0 Å². The molecule has 4 rings (SSSR count). The van der Waals surface area contributed by atoms with E-state index >= 15 is 0 Å². The number of hydrogen-bond donors (Lipinski definition) is 1. The Morgan fingerprint density at radius 1 is 1.09 bits per heavy atom. The molecule has 172 valence electrons. The van der Waals surface area contributed by atoms with E-state index in [0.29, 0.717) is 18.9 Å². The Labute approximate surface area is 195 Å². The van der Waals surface area contributed by atoms with Crippen molar-refractivity contribution in [3.63, 3.8) is 0 Å². The summed E-state index contributed by atoms with van der Waals surface area (Å²) < 4.78 is 0. The highest BCUT2D eigenvalue weighted by Gasteiger charge is 2.31. The minimum atomic E-state index is 0.0828. The molecule has 7 nitrogen and oxygen atoms in total. The molecule has 1 aliphatic rings. The van der Waals surface area contributed by atoms with Crippen LogP contribution in [-0.2, 0) is 11.3 Å². The van der Waals surface area contributed by atoms with Crippen molar-refractivity contribution in [1.29, 1.82) is 0 Å². The summed E-state index contributed by atoms with van der Waals surface area (Å²) in [6, 6.07) is 16.2. The fourth-order valence-corrected chi connectivity index (χ4v) is 4.30. The van der Waals surface area contributed by atoms with Gasteiger partial charge in [0.25, 0.3) is 0 Å². The lowest BCUT2D eigenvalue weighted by atomic mass is 10.1. The van der Waals surface area contributed by atoms with Crippen LogP contribution in [0.3, 0.4) is 0 Å². The number of anilines is 2. The molecule has 0 radical (unpaired) electrons. The van der Waals surface area contributed by atoms with E-state index in [0.717, 1.165) is 42.2 Å². The van der Waals surface area contributed by atoms with Gasteiger partial charge in [0.2, 0.25) is 5.91 Å². The van der Waals surface area contributed by atoms with Crippen LogP contribution in [-0.4, -0.2) is 49.8 Å². The number of pyridine rings is 1. The lowest BCUT2D eigenvalue weighted by molar-refractivity contribution is -0.135. The van der Waals surface area contributed by atoms with E-state index in [4.69, 9.17) is 4.98 Å². The zero-order valence-corrected chi connectivity index (χ0v) is 19.6. The molecule has 1 saturated heterocycles. The maximum Gasteiger partial charge on any atom is 0.237 e. The second-order valence-electron chi connectivity index (χ2n) is 8.85. The van der Waals surface area contributed by atoms with E-state index in [-0.39, 0.29) is 18.0 Å². The summed E-state index contributed by atoms with van der Waals surface area (Å²) in [6.45, 7) is 7.99. The zero-order valence-electron chi connectivity index (χ0n) is 19.6. The summed E-state index contributed by atoms with van der Waals surface area (Å²) in [5, 5.41) is 3.25. The molecule has 1 N–H and O–H groups in total. The van der Waals surface area contributed by atoms with Crippen LogP contribution < -0.4 is 5.32 Å². The van der Waals surface area contributed by atoms with Crippen LogP contribution in [0.5, 0.6) is 0 Å². The fourth-order valence-electron chi connectivity index (χ4n) is 4.30. The number of aromatic nitrogens is 3. The number of amides is 1. The SMILES string of the molecule is Cc1cccc(Nc2cncc([C@H]3CCCN3CC(=O)N(Cc3ccccc3)C(C)C)n2)n1. The quantitative estimate of drug-likeness (QED) is 0.552. The van der Waals surface area contributed by atoms with Gasteiger partial charge in [-0.3, -0.25) is 14.7 Å². The first-order chi connectivity index (χ1) is 16.0. The van der Waals surface area contributed by atoms with E-state index < -0.39 is 0 Å². The largest absolute Gasteiger partial charge is 0.335 e. The lowest BCUT2D eigenvalue weighted by Crippen LogP contribution is -2.43. The topological polar surface area (TPSA) is 74.2 Å². The minimum Gasteiger partial charge on any atom is -0.335 e. The van der Waals surface area contributed by atoms with Crippen LogP contribution in [0.2, 0.25) is 0 Å². The monoisotopic (exact) mass is 444 g/mol. The minimum absolute atomic E-state index is 0.0828. The second-order valence-corrected chi connectivity index (χ2v) is 8.85. The maximum atomic E-state index is 13.3. The van der Waals surface area contributed by atoms with Crippen LogP contribution in [0.1, 0.15) is 49.7 Å². The summed E-state index contributed by atoms with van der Waals surface area (Å²) >= 11 is 0. The van der Waals surface area contributed by atoms with Crippen molar-refractivity contribution < 1.29 is 4.79 Å². The number of rotatable bonds is 8. The molecule has 1 aromatic carbocycles. The Morgan fingerprint density at radius 3 is 2.67 bits per heavy atom. The summed E-state index contributed by atoms with van der Waals surface area (Å²) in [7, 11) is 0. The van der Waals surface area contributed by atoms with Crippen molar-refractivity contribution in [1.82, 2.24) is 24.8 Å². The fraction of sp³-hybridized carbons (Fsp3) is 0.385. The molecular formula is C26H32N6O. The van der Waals surface area contributed by atoms with Gasteiger partial charge in [-0.25, -0.2) is 9.97 Å². The first-order valence-corrected chi connectivity index (χ1v) is 11.6. The van der Waals surface area contributed by atoms with Crippen molar-refractivity contribution in [3.8, 4) is 0 Å². The van der Waals surface area contributed by atoms with Crippen LogP contribution in [0.25, 0.3) is 0 Å². The number of nitrogens with one attached hydrogen (secondary N) is 1. The van der Waals surface area contributed by atoms with Gasteiger partial charge in [-0.1, -0.05) is 36.4 Å². The van der Waals surface area contributed by atoms with Gasteiger partial charge in [-0.2, -0.15) is 0 Å². The van der Waals surface area contributed by atoms with Gasteiger partial charge >= 0.3 is 0 Å². The Morgan fingerprint density at radius 2 is 1.91 bits per heavy atom. The van der Waals surface area contributed by atoms with Crippen LogP contribution >= 0.6 is 0 Å². The highest BCUT2D eigenvalue weighted by molar-refractivity contribution is 5.78. The van der Waals surface area contributed by atoms with Gasteiger partial charge in [0, 0.05) is 18.3 Å². The summed E-state index contributed by atoms with van der Waals surface area (Å²) in [5.41, 5.74) is 2.97.